The molecule has 1 N–H and O–H groups in total. The van der Waals surface area contributed by atoms with Gasteiger partial charge in [-0.1, -0.05) is 28.9 Å². The first-order chi connectivity index (χ1) is 14.8. The number of thiophene rings is 1. The molecule has 3 heterocycles. The van der Waals surface area contributed by atoms with Gasteiger partial charge >= 0.3 is 0 Å². The molecule has 11 heteroatoms. The molecule has 2 aromatic heterocycles. The van der Waals surface area contributed by atoms with Crippen LogP contribution in [0.15, 0.2) is 44.4 Å². The second-order valence-corrected chi connectivity index (χ2v) is 10.9. The van der Waals surface area contributed by atoms with Crippen molar-refractivity contribution in [2.75, 3.05) is 13.1 Å². The Morgan fingerprint density at radius 2 is 2.13 bits per heavy atom. The molecule has 1 fully saturated rings. The fourth-order valence-electron chi connectivity index (χ4n) is 3.42. The number of rotatable bonds is 6. The average Bonchev–Trinajstić information content (AvgIpc) is 3.43. The molecule has 1 aliphatic rings. The van der Waals surface area contributed by atoms with Gasteiger partial charge in [0.2, 0.25) is 17.6 Å². The van der Waals surface area contributed by atoms with Crippen LogP contribution in [0.25, 0.3) is 11.4 Å². The molecule has 1 atom stereocenters. The van der Waals surface area contributed by atoms with Crippen molar-refractivity contribution in [3.05, 3.63) is 52.2 Å². The van der Waals surface area contributed by atoms with Crippen molar-refractivity contribution >= 4 is 38.9 Å². The summed E-state index contributed by atoms with van der Waals surface area (Å²) in [7, 11) is -3.71. The van der Waals surface area contributed by atoms with Crippen molar-refractivity contribution in [3.8, 4) is 11.4 Å². The van der Waals surface area contributed by atoms with E-state index in [1.165, 1.54) is 4.31 Å². The van der Waals surface area contributed by atoms with Crippen molar-refractivity contribution in [3.63, 3.8) is 0 Å². The molecule has 0 saturated carbocycles. The van der Waals surface area contributed by atoms with Gasteiger partial charge in [-0.2, -0.15) is 9.29 Å². The van der Waals surface area contributed by atoms with Gasteiger partial charge in [-0.15, -0.1) is 11.3 Å². The topological polar surface area (TPSA) is 105 Å². The van der Waals surface area contributed by atoms with Crippen LogP contribution in [-0.2, 0) is 21.4 Å². The number of hydrogen-bond donors (Lipinski definition) is 1. The summed E-state index contributed by atoms with van der Waals surface area (Å²) in [4.78, 5) is 16.8. The number of aryl methyl sites for hydroxylation is 1. The largest absolute Gasteiger partial charge is 0.352 e. The predicted molar refractivity (Wildman–Crippen MR) is 117 cm³/mol. The number of halogens is 1. The number of carbonyl (C=O) groups is 1. The average molecular weight is 481 g/mol. The van der Waals surface area contributed by atoms with E-state index in [-0.39, 0.29) is 16.7 Å². The zero-order valence-electron chi connectivity index (χ0n) is 16.7. The zero-order valence-corrected chi connectivity index (χ0v) is 19.1. The lowest BCUT2D eigenvalue weighted by Gasteiger charge is -2.30. The Morgan fingerprint density at radius 1 is 1.35 bits per heavy atom. The van der Waals surface area contributed by atoms with Gasteiger partial charge in [-0.25, -0.2) is 8.42 Å². The summed E-state index contributed by atoms with van der Waals surface area (Å²) in [6.07, 6.45) is 1.27. The van der Waals surface area contributed by atoms with Crippen LogP contribution < -0.4 is 5.32 Å². The second-order valence-electron chi connectivity index (χ2n) is 7.34. The van der Waals surface area contributed by atoms with Crippen molar-refractivity contribution in [1.29, 1.82) is 0 Å². The van der Waals surface area contributed by atoms with Crippen LogP contribution in [0.4, 0.5) is 0 Å². The van der Waals surface area contributed by atoms with Gasteiger partial charge in [0.1, 0.15) is 4.21 Å². The van der Waals surface area contributed by atoms with E-state index >= 15 is 0 Å². The number of nitrogens with one attached hydrogen (secondary N) is 1. The smallest absolute Gasteiger partial charge is 0.252 e. The number of carbonyl (C=O) groups excluding carboxylic acids is 1. The number of hydrogen-bond acceptors (Lipinski definition) is 7. The molecular formula is C20H21ClN4O4S2. The van der Waals surface area contributed by atoms with E-state index in [2.05, 4.69) is 15.5 Å². The van der Waals surface area contributed by atoms with Gasteiger partial charge in [-0.3, -0.25) is 4.79 Å². The molecule has 0 radical (unpaired) electrons. The van der Waals surface area contributed by atoms with Crippen LogP contribution in [-0.4, -0.2) is 41.9 Å². The maximum atomic E-state index is 13.1. The molecule has 0 aliphatic carbocycles. The molecule has 0 spiro atoms. The highest BCUT2D eigenvalue weighted by molar-refractivity contribution is 7.91. The van der Waals surface area contributed by atoms with Crippen LogP contribution in [0.5, 0.6) is 0 Å². The predicted octanol–water partition coefficient (Wildman–Crippen LogP) is 3.48. The maximum Gasteiger partial charge on any atom is 0.252 e. The van der Waals surface area contributed by atoms with Crippen molar-refractivity contribution in [1.82, 2.24) is 19.8 Å². The molecule has 1 saturated heterocycles. The van der Waals surface area contributed by atoms with E-state index in [0.717, 1.165) is 16.9 Å². The number of piperidine rings is 1. The Labute approximate surface area is 189 Å². The van der Waals surface area contributed by atoms with Crippen LogP contribution >= 0.6 is 22.9 Å². The van der Waals surface area contributed by atoms with Crippen molar-refractivity contribution < 1.29 is 17.7 Å². The molecule has 4 rings (SSSR count). The second kappa shape index (κ2) is 9.07. The first-order valence-electron chi connectivity index (χ1n) is 9.74. The summed E-state index contributed by atoms with van der Waals surface area (Å²) in [5, 5.41) is 9.06. The molecule has 1 amide bonds. The Hall–Kier alpha value is -2.27. The van der Waals surface area contributed by atoms with Gasteiger partial charge in [0.15, 0.2) is 0 Å². The summed E-state index contributed by atoms with van der Waals surface area (Å²) < 4.78 is 32.8. The minimum atomic E-state index is -3.71. The SMILES string of the molecule is Cc1nc(-c2csc(S(=O)(=O)N3CCC[C@@H](C(=O)NCc4ccc(Cl)cc4)C3)c2)no1. The molecule has 31 heavy (non-hydrogen) atoms. The van der Waals surface area contributed by atoms with E-state index in [9.17, 15) is 13.2 Å². The van der Waals surface area contributed by atoms with Gasteiger partial charge in [0.05, 0.1) is 5.92 Å². The third kappa shape index (κ3) is 4.98. The molecule has 1 aromatic carbocycles. The Morgan fingerprint density at radius 3 is 2.84 bits per heavy atom. The summed E-state index contributed by atoms with van der Waals surface area (Å²) in [5.74, 6) is 0.224. The lowest BCUT2D eigenvalue weighted by Crippen LogP contribution is -2.45. The lowest BCUT2D eigenvalue weighted by molar-refractivity contribution is -0.126. The highest BCUT2D eigenvalue weighted by Gasteiger charge is 2.34. The summed E-state index contributed by atoms with van der Waals surface area (Å²) in [6, 6.07) is 8.78. The fraction of sp³-hybridized carbons (Fsp3) is 0.350. The Bertz CT molecular complexity index is 1170. The highest BCUT2D eigenvalue weighted by atomic mass is 35.5. The molecule has 8 nitrogen and oxygen atoms in total. The first-order valence-corrected chi connectivity index (χ1v) is 12.4. The third-order valence-corrected chi connectivity index (χ3v) is 8.62. The monoisotopic (exact) mass is 480 g/mol. The normalized spacial score (nSPS) is 17.5. The van der Waals surface area contributed by atoms with Gasteiger partial charge < -0.3 is 9.84 Å². The molecule has 1 aliphatic heterocycles. The lowest BCUT2D eigenvalue weighted by atomic mass is 9.99. The first kappa shape index (κ1) is 21.9. The van der Waals surface area contributed by atoms with E-state index in [0.29, 0.717) is 48.2 Å². The van der Waals surface area contributed by atoms with Gasteiger partial charge in [0, 0.05) is 42.5 Å². The number of nitrogens with zero attached hydrogens (tertiary/aromatic N) is 3. The summed E-state index contributed by atoms with van der Waals surface area (Å²) in [6.45, 7) is 2.59. The summed E-state index contributed by atoms with van der Waals surface area (Å²) >= 11 is 6.99. The van der Waals surface area contributed by atoms with Crippen LogP contribution in [0, 0.1) is 12.8 Å². The van der Waals surface area contributed by atoms with E-state index in [1.807, 2.05) is 12.1 Å². The van der Waals surface area contributed by atoms with E-state index < -0.39 is 15.9 Å². The Balaban J connectivity index is 1.41. The Kier molecular flexibility index (Phi) is 6.42. The summed E-state index contributed by atoms with van der Waals surface area (Å²) in [5.41, 5.74) is 1.52. The van der Waals surface area contributed by atoms with Gasteiger partial charge in [0.25, 0.3) is 10.0 Å². The van der Waals surface area contributed by atoms with E-state index in [1.54, 1.807) is 30.5 Å². The van der Waals surface area contributed by atoms with Crippen LogP contribution in [0.2, 0.25) is 5.02 Å². The maximum absolute atomic E-state index is 13.1. The van der Waals surface area contributed by atoms with Crippen molar-refractivity contribution in [2.24, 2.45) is 5.92 Å². The number of amides is 1. The quantitative estimate of drug-likeness (QED) is 0.579. The van der Waals surface area contributed by atoms with Crippen LogP contribution in [0.1, 0.15) is 24.3 Å². The molecule has 0 unspecified atom stereocenters. The van der Waals surface area contributed by atoms with Gasteiger partial charge in [-0.05, 0) is 36.6 Å². The molecule has 164 valence electrons. The zero-order chi connectivity index (χ0) is 22.0. The number of sulfonamides is 1. The number of aromatic nitrogens is 2. The fourth-order valence-corrected chi connectivity index (χ4v) is 6.38. The minimum absolute atomic E-state index is 0.149. The number of benzene rings is 1. The van der Waals surface area contributed by atoms with Crippen LogP contribution in [0.3, 0.4) is 0 Å². The van der Waals surface area contributed by atoms with Crippen molar-refractivity contribution in [2.45, 2.75) is 30.5 Å². The molecule has 0 bridgehead atoms. The third-order valence-electron chi connectivity index (χ3n) is 5.09. The molecule has 3 aromatic rings. The molecular weight excluding hydrogens is 460 g/mol. The van der Waals surface area contributed by atoms with E-state index in [4.69, 9.17) is 16.1 Å². The minimum Gasteiger partial charge on any atom is -0.352 e. The highest BCUT2D eigenvalue weighted by Crippen LogP contribution is 2.31. The standard InChI is InChI=1S/C20H21ClN4O4S2/c1-13-23-19(24-29-13)16-9-18(30-12-16)31(27,28)25-8-2-3-15(11-25)20(26)22-10-14-4-6-17(21)7-5-14/h4-7,9,12,15H,2-3,8,10-11H2,1H3,(H,22,26)/t15-/m1/s1.